The summed E-state index contributed by atoms with van der Waals surface area (Å²) in [6, 6.07) is 4.18. The van der Waals surface area contributed by atoms with E-state index in [0.29, 0.717) is 0 Å². The number of anilines is 2. The first-order valence-electron chi connectivity index (χ1n) is 11.6. The maximum absolute atomic E-state index is 12.5. The van der Waals surface area contributed by atoms with E-state index in [0.717, 1.165) is 70.2 Å². The Balaban J connectivity index is 1.15. The molecule has 4 heterocycles. The van der Waals surface area contributed by atoms with Gasteiger partial charge in [-0.05, 0) is 76.7 Å². The van der Waals surface area contributed by atoms with Crippen molar-refractivity contribution in [2.75, 3.05) is 62.2 Å². The van der Waals surface area contributed by atoms with Gasteiger partial charge < -0.3 is 20.0 Å². The molecular weight excluding hydrogens is 364 g/mol. The molecule has 3 saturated heterocycles. The second-order valence-electron chi connectivity index (χ2n) is 8.75. The van der Waals surface area contributed by atoms with Crippen molar-refractivity contribution < 1.29 is 4.79 Å². The number of nitrogens with one attached hydrogen (secondary N) is 1. The predicted molar refractivity (Wildman–Crippen MR) is 116 cm³/mol. The molecule has 0 bridgehead atoms. The minimum atomic E-state index is 0.137. The number of rotatable bonds is 7. The highest BCUT2D eigenvalue weighted by Gasteiger charge is 2.26. The summed E-state index contributed by atoms with van der Waals surface area (Å²) < 4.78 is 0. The van der Waals surface area contributed by atoms with Gasteiger partial charge >= 0.3 is 0 Å². The van der Waals surface area contributed by atoms with E-state index in [9.17, 15) is 4.79 Å². The summed E-state index contributed by atoms with van der Waals surface area (Å²) in [5, 5.41) is 12.0. The minimum absolute atomic E-state index is 0.137. The normalized spacial score (nSPS) is 21.5. The van der Waals surface area contributed by atoms with Crippen LogP contribution in [0.4, 0.5) is 11.6 Å². The van der Waals surface area contributed by atoms with Gasteiger partial charge in [0.1, 0.15) is 0 Å². The third kappa shape index (κ3) is 5.59. The van der Waals surface area contributed by atoms with E-state index in [-0.39, 0.29) is 11.8 Å². The van der Waals surface area contributed by atoms with E-state index in [1.807, 2.05) is 0 Å². The van der Waals surface area contributed by atoms with Gasteiger partial charge in [0.15, 0.2) is 11.6 Å². The summed E-state index contributed by atoms with van der Waals surface area (Å²) in [7, 11) is 0. The maximum Gasteiger partial charge on any atom is 0.223 e. The fourth-order valence-corrected chi connectivity index (χ4v) is 4.81. The second kappa shape index (κ2) is 10.2. The highest BCUT2D eigenvalue weighted by Crippen LogP contribution is 2.23. The van der Waals surface area contributed by atoms with Crippen molar-refractivity contribution in [3.05, 3.63) is 12.1 Å². The summed E-state index contributed by atoms with van der Waals surface area (Å²) in [5.74, 6) is 2.30. The first kappa shape index (κ1) is 20.4. The molecule has 1 aromatic rings. The molecule has 0 unspecified atom stereocenters. The van der Waals surface area contributed by atoms with E-state index >= 15 is 0 Å². The number of aromatic nitrogens is 2. The Morgan fingerprint density at radius 2 is 1.45 bits per heavy atom. The van der Waals surface area contributed by atoms with Gasteiger partial charge in [0.05, 0.1) is 0 Å². The van der Waals surface area contributed by atoms with Crippen LogP contribution in [0.3, 0.4) is 0 Å². The lowest BCUT2D eigenvalue weighted by Crippen LogP contribution is -2.41. The topological polar surface area (TPSA) is 64.6 Å². The monoisotopic (exact) mass is 400 g/mol. The Morgan fingerprint density at radius 1 is 0.862 bits per heavy atom. The number of carbonyl (C=O) groups excluding carboxylic acids is 1. The fourth-order valence-electron chi connectivity index (χ4n) is 4.81. The Bertz CT molecular complexity index is 631. The van der Waals surface area contributed by atoms with Crippen LogP contribution in [0.25, 0.3) is 0 Å². The van der Waals surface area contributed by atoms with E-state index < -0.39 is 0 Å². The van der Waals surface area contributed by atoms with Gasteiger partial charge in [0, 0.05) is 38.6 Å². The zero-order valence-corrected chi connectivity index (χ0v) is 17.7. The predicted octanol–water partition coefficient (Wildman–Crippen LogP) is 2.29. The maximum atomic E-state index is 12.5. The summed E-state index contributed by atoms with van der Waals surface area (Å²) >= 11 is 0. The quantitative estimate of drug-likeness (QED) is 0.709. The van der Waals surface area contributed by atoms with Gasteiger partial charge in [-0.2, -0.15) is 0 Å². The molecule has 0 atom stereocenters. The lowest BCUT2D eigenvalue weighted by atomic mass is 9.96. The second-order valence-corrected chi connectivity index (χ2v) is 8.75. The van der Waals surface area contributed by atoms with Crippen molar-refractivity contribution in [2.24, 2.45) is 5.92 Å². The van der Waals surface area contributed by atoms with Crippen molar-refractivity contribution in [3.8, 4) is 0 Å². The van der Waals surface area contributed by atoms with Crippen LogP contribution in [0.1, 0.15) is 51.4 Å². The smallest absolute Gasteiger partial charge is 0.223 e. The lowest BCUT2D eigenvalue weighted by Gasteiger charge is -2.32. The molecule has 3 aliphatic heterocycles. The average molecular weight is 401 g/mol. The highest BCUT2D eigenvalue weighted by molar-refractivity contribution is 5.78. The number of likely N-dealkylation sites (tertiary alicyclic amines) is 1. The molecule has 7 nitrogen and oxygen atoms in total. The van der Waals surface area contributed by atoms with Crippen LogP contribution in [-0.2, 0) is 4.79 Å². The molecule has 3 aliphatic rings. The van der Waals surface area contributed by atoms with E-state index in [2.05, 4.69) is 42.3 Å². The lowest BCUT2D eigenvalue weighted by molar-refractivity contribution is -0.125. The van der Waals surface area contributed by atoms with Crippen molar-refractivity contribution in [1.29, 1.82) is 0 Å². The molecule has 0 aromatic carbocycles. The molecule has 160 valence electrons. The molecule has 3 fully saturated rings. The molecule has 4 rings (SSSR count). The van der Waals surface area contributed by atoms with Crippen LogP contribution >= 0.6 is 0 Å². The van der Waals surface area contributed by atoms with Crippen LogP contribution in [0, 0.1) is 5.92 Å². The van der Waals surface area contributed by atoms with E-state index in [1.54, 1.807) is 0 Å². The van der Waals surface area contributed by atoms with E-state index in [1.165, 1.54) is 45.2 Å². The van der Waals surface area contributed by atoms with Crippen molar-refractivity contribution in [3.63, 3.8) is 0 Å². The van der Waals surface area contributed by atoms with Crippen LogP contribution in [0.15, 0.2) is 12.1 Å². The molecule has 7 heteroatoms. The molecule has 0 radical (unpaired) electrons. The molecule has 1 amide bonds. The largest absolute Gasteiger partial charge is 0.356 e. The Hall–Kier alpha value is -1.89. The summed E-state index contributed by atoms with van der Waals surface area (Å²) in [6.07, 6.45) is 9.38. The summed E-state index contributed by atoms with van der Waals surface area (Å²) in [6.45, 7) is 8.32. The van der Waals surface area contributed by atoms with Crippen molar-refractivity contribution in [1.82, 2.24) is 20.4 Å². The fraction of sp³-hybridized carbons (Fsp3) is 0.773. The molecule has 0 spiro atoms. The molecule has 0 saturated carbocycles. The standard InChI is InChI=1S/C22H36N6O/c29-22(23-11-6-14-26-12-2-1-3-13-26)19-9-17-28(18-10-19)21-8-7-20(24-25-21)27-15-4-5-16-27/h7-8,19H,1-6,9-18H2,(H,23,29). The highest BCUT2D eigenvalue weighted by atomic mass is 16.1. The van der Waals surface area contributed by atoms with Gasteiger partial charge in [-0.15, -0.1) is 10.2 Å². The molecular formula is C22H36N6O. The third-order valence-electron chi connectivity index (χ3n) is 6.66. The summed E-state index contributed by atoms with van der Waals surface area (Å²) in [5.41, 5.74) is 0. The number of amides is 1. The van der Waals surface area contributed by atoms with Crippen molar-refractivity contribution in [2.45, 2.75) is 51.4 Å². The molecule has 0 aliphatic carbocycles. The van der Waals surface area contributed by atoms with Crippen LogP contribution in [0.5, 0.6) is 0 Å². The number of nitrogens with zero attached hydrogens (tertiary/aromatic N) is 5. The van der Waals surface area contributed by atoms with Gasteiger partial charge in [0.2, 0.25) is 5.91 Å². The number of piperidine rings is 2. The number of carbonyl (C=O) groups is 1. The third-order valence-corrected chi connectivity index (χ3v) is 6.66. The molecule has 1 aromatic heterocycles. The van der Waals surface area contributed by atoms with Gasteiger partial charge in [0.25, 0.3) is 0 Å². The average Bonchev–Trinajstić information content (AvgIpc) is 3.33. The number of hydrogen-bond acceptors (Lipinski definition) is 6. The van der Waals surface area contributed by atoms with Gasteiger partial charge in [-0.3, -0.25) is 4.79 Å². The SMILES string of the molecule is O=C(NCCCN1CCCCC1)C1CCN(c2ccc(N3CCCC3)nn2)CC1. The van der Waals surface area contributed by atoms with Crippen LogP contribution in [0.2, 0.25) is 0 Å². The minimum Gasteiger partial charge on any atom is -0.356 e. The Labute approximate surface area is 174 Å². The number of hydrogen-bond donors (Lipinski definition) is 1. The molecule has 29 heavy (non-hydrogen) atoms. The van der Waals surface area contributed by atoms with Crippen LogP contribution in [-0.4, -0.2) is 73.4 Å². The summed E-state index contributed by atoms with van der Waals surface area (Å²) in [4.78, 5) is 19.6. The van der Waals surface area contributed by atoms with Gasteiger partial charge in [-0.25, -0.2) is 0 Å². The first-order valence-corrected chi connectivity index (χ1v) is 11.6. The first-order chi connectivity index (χ1) is 14.3. The zero-order chi connectivity index (χ0) is 19.9. The van der Waals surface area contributed by atoms with E-state index in [4.69, 9.17) is 0 Å². The van der Waals surface area contributed by atoms with Gasteiger partial charge in [-0.1, -0.05) is 6.42 Å². The zero-order valence-electron chi connectivity index (χ0n) is 17.7. The Kier molecular flexibility index (Phi) is 7.19. The Morgan fingerprint density at radius 3 is 2.07 bits per heavy atom. The van der Waals surface area contributed by atoms with Crippen molar-refractivity contribution >= 4 is 17.5 Å². The molecule has 1 N–H and O–H groups in total. The van der Waals surface area contributed by atoms with Crippen LogP contribution < -0.4 is 15.1 Å².